The summed E-state index contributed by atoms with van der Waals surface area (Å²) < 4.78 is 0. The number of aryl methyl sites for hydroxylation is 2. The molecule has 0 aliphatic heterocycles. The summed E-state index contributed by atoms with van der Waals surface area (Å²) >= 11 is 0. The number of nitrogens with one attached hydrogen (secondary N) is 1. The van der Waals surface area contributed by atoms with Crippen LogP contribution in [-0.4, -0.2) is 42.2 Å². The number of aliphatic hydroxyl groups excluding tert-OH is 1. The Hall–Kier alpha value is -1.65. The zero-order valence-corrected chi connectivity index (χ0v) is 11.6. The third-order valence-corrected chi connectivity index (χ3v) is 2.96. The first-order chi connectivity index (χ1) is 9.06. The van der Waals surface area contributed by atoms with Crippen molar-refractivity contribution in [3.05, 3.63) is 42.0 Å². The van der Waals surface area contributed by atoms with Crippen molar-refractivity contribution in [2.24, 2.45) is 0 Å². The molecule has 0 aromatic heterocycles. The van der Waals surface area contributed by atoms with E-state index in [0.29, 0.717) is 13.1 Å². The van der Waals surface area contributed by atoms with E-state index in [-0.39, 0.29) is 19.1 Å². The second kappa shape index (κ2) is 7.71. The van der Waals surface area contributed by atoms with Crippen molar-refractivity contribution in [1.29, 1.82) is 0 Å². The van der Waals surface area contributed by atoms with Crippen molar-refractivity contribution < 1.29 is 9.90 Å². The van der Waals surface area contributed by atoms with Crippen LogP contribution in [0.5, 0.6) is 0 Å². The van der Waals surface area contributed by atoms with Gasteiger partial charge in [-0.3, -0.25) is 9.69 Å². The second-order valence-corrected chi connectivity index (χ2v) is 4.59. The fourth-order valence-electron chi connectivity index (χ4n) is 1.78. The maximum absolute atomic E-state index is 11.9. The highest BCUT2D eigenvalue weighted by Crippen LogP contribution is 2.14. The SMILES string of the molecule is C=CCN(CCO)CC(=O)Nc1ccc(C)c(C)c1. The van der Waals surface area contributed by atoms with Gasteiger partial charge in [0.2, 0.25) is 5.91 Å². The fraction of sp³-hybridized carbons (Fsp3) is 0.400. The van der Waals surface area contributed by atoms with Gasteiger partial charge in [-0.15, -0.1) is 6.58 Å². The van der Waals surface area contributed by atoms with Crippen molar-refractivity contribution in [2.45, 2.75) is 13.8 Å². The molecule has 1 aromatic rings. The van der Waals surface area contributed by atoms with E-state index >= 15 is 0 Å². The Morgan fingerprint density at radius 3 is 2.74 bits per heavy atom. The lowest BCUT2D eigenvalue weighted by molar-refractivity contribution is -0.117. The quantitative estimate of drug-likeness (QED) is 0.736. The Balaban J connectivity index is 2.57. The summed E-state index contributed by atoms with van der Waals surface area (Å²) in [7, 11) is 0. The molecule has 1 amide bonds. The van der Waals surface area contributed by atoms with E-state index in [1.165, 1.54) is 5.56 Å². The van der Waals surface area contributed by atoms with Crippen LogP contribution in [0.3, 0.4) is 0 Å². The Kier molecular flexibility index (Phi) is 6.25. The van der Waals surface area contributed by atoms with E-state index < -0.39 is 0 Å². The number of rotatable bonds is 7. The molecule has 0 fully saturated rings. The molecule has 1 rings (SSSR count). The Bertz CT molecular complexity index is 444. The lowest BCUT2D eigenvalue weighted by Crippen LogP contribution is -2.35. The van der Waals surface area contributed by atoms with E-state index in [2.05, 4.69) is 11.9 Å². The van der Waals surface area contributed by atoms with Crippen LogP contribution in [0.2, 0.25) is 0 Å². The molecule has 104 valence electrons. The summed E-state index contributed by atoms with van der Waals surface area (Å²) in [5.41, 5.74) is 3.15. The summed E-state index contributed by atoms with van der Waals surface area (Å²) in [6.07, 6.45) is 1.72. The number of aliphatic hydroxyl groups is 1. The third kappa shape index (κ3) is 5.24. The van der Waals surface area contributed by atoms with Gasteiger partial charge in [-0.2, -0.15) is 0 Å². The van der Waals surface area contributed by atoms with E-state index in [9.17, 15) is 4.79 Å². The van der Waals surface area contributed by atoms with Gasteiger partial charge in [0.15, 0.2) is 0 Å². The van der Waals surface area contributed by atoms with Gasteiger partial charge < -0.3 is 10.4 Å². The van der Waals surface area contributed by atoms with E-state index in [1.54, 1.807) is 6.08 Å². The molecule has 0 saturated heterocycles. The van der Waals surface area contributed by atoms with Crippen LogP contribution >= 0.6 is 0 Å². The molecule has 0 spiro atoms. The van der Waals surface area contributed by atoms with E-state index in [1.807, 2.05) is 36.9 Å². The number of hydrogen-bond acceptors (Lipinski definition) is 3. The number of benzene rings is 1. The number of hydrogen-bond donors (Lipinski definition) is 2. The molecule has 0 radical (unpaired) electrons. The van der Waals surface area contributed by atoms with E-state index in [0.717, 1.165) is 11.3 Å². The van der Waals surface area contributed by atoms with Gasteiger partial charge in [0.05, 0.1) is 13.2 Å². The first kappa shape index (κ1) is 15.4. The summed E-state index contributed by atoms with van der Waals surface area (Å²) in [6.45, 7) is 9.02. The lowest BCUT2D eigenvalue weighted by atomic mass is 10.1. The molecule has 0 aliphatic rings. The van der Waals surface area contributed by atoms with Crippen LogP contribution in [0, 0.1) is 13.8 Å². The molecule has 0 aliphatic carbocycles. The minimum atomic E-state index is -0.0847. The van der Waals surface area contributed by atoms with Crippen LogP contribution in [0.4, 0.5) is 5.69 Å². The molecule has 0 unspecified atom stereocenters. The highest BCUT2D eigenvalue weighted by atomic mass is 16.3. The zero-order chi connectivity index (χ0) is 14.3. The molecule has 0 saturated carbocycles. The second-order valence-electron chi connectivity index (χ2n) is 4.59. The molecular weight excluding hydrogens is 240 g/mol. The summed E-state index contributed by atoms with van der Waals surface area (Å²) in [5.74, 6) is -0.0847. The average Bonchev–Trinajstić information content (AvgIpc) is 2.34. The minimum absolute atomic E-state index is 0.0325. The van der Waals surface area contributed by atoms with Gasteiger partial charge in [0, 0.05) is 18.8 Å². The number of nitrogens with zero attached hydrogens (tertiary/aromatic N) is 1. The minimum Gasteiger partial charge on any atom is -0.395 e. The smallest absolute Gasteiger partial charge is 0.238 e. The Morgan fingerprint density at radius 2 is 2.16 bits per heavy atom. The van der Waals surface area contributed by atoms with Crippen molar-refractivity contribution in [1.82, 2.24) is 4.90 Å². The molecule has 4 heteroatoms. The highest BCUT2D eigenvalue weighted by Gasteiger charge is 2.09. The summed E-state index contributed by atoms with van der Waals surface area (Å²) in [6, 6.07) is 5.83. The average molecular weight is 262 g/mol. The monoisotopic (exact) mass is 262 g/mol. The molecule has 1 aromatic carbocycles. The zero-order valence-electron chi connectivity index (χ0n) is 11.6. The summed E-state index contributed by atoms with van der Waals surface area (Å²) in [5, 5.41) is 11.8. The molecule has 0 bridgehead atoms. The third-order valence-electron chi connectivity index (χ3n) is 2.96. The maximum atomic E-state index is 11.9. The van der Waals surface area contributed by atoms with Gasteiger partial charge >= 0.3 is 0 Å². The predicted octanol–water partition coefficient (Wildman–Crippen LogP) is 1.72. The lowest BCUT2D eigenvalue weighted by Gasteiger charge is -2.18. The van der Waals surface area contributed by atoms with Crippen molar-refractivity contribution in [3.8, 4) is 0 Å². The van der Waals surface area contributed by atoms with Gasteiger partial charge in [-0.25, -0.2) is 0 Å². The van der Waals surface area contributed by atoms with Crippen LogP contribution in [-0.2, 0) is 4.79 Å². The Morgan fingerprint density at radius 1 is 1.42 bits per heavy atom. The van der Waals surface area contributed by atoms with Crippen LogP contribution in [0.1, 0.15) is 11.1 Å². The first-order valence-electron chi connectivity index (χ1n) is 6.38. The number of carbonyl (C=O) groups is 1. The number of amides is 1. The predicted molar refractivity (Wildman–Crippen MR) is 78.3 cm³/mol. The molecule has 0 atom stereocenters. The summed E-state index contributed by atoms with van der Waals surface area (Å²) in [4.78, 5) is 13.7. The van der Waals surface area contributed by atoms with Crippen molar-refractivity contribution in [3.63, 3.8) is 0 Å². The van der Waals surface area contributed by atoms with Crippen LogP contribution in [0.25, 0.3) is 0 Å². The van der Waals surface area contributed by atoms with Crippen LogP contribution < -0.4 is 5.32 Å². The molecule has 19 heavy (non-hydrogen) atoms. The topological polar surface area (TPSA) is 52.6 Å². The van der Waals surface area contributed by atoms with E-state index in [4.69, 9.17) is 5.11 Å². The molecule has 4 nitrogen and oxygen atoms in total. The van der Waals surface area contributed by atoms with Gasteiger partial charge in [0.1, 0.15) is 0 Å². The molecule has 2 N–H and O–H groups in total. The first-order valence-corrected chi connectivity index (χ1v) is 6.38. The maximum Gasteiger partial charge on any atom is 0.238 e. The molecule has 0 heterocycles. The fourth-order valence-corrected chi connectivity index (χ4v) is 1.78. The Labute approximate surface area is 114 Å². The van der Waals surface area contributed by atoms with Crippen molar-refractivity contribution in [2.75, 3.05) is 31.6 Å². The van der Waals surface area contributed by atoms with Crippen LogP contribution in [0.15, 0.2) is 30.9 Å². The van der Waals surface area contributed by atoms with Gasteiger partial charge in [-0.05, 0) is 37.1 Å². The van der Waals surface area contributed by atoms with Gasteiger partial charge in [0.25, 0.3) is 0 Å². The number of anilines is 1. The standard InChI is InChI=1S/C15H22N2O2/c1-4-7-17(8-9-18)11-15(19)16-14-6-5-12(2)13(3)10-14/h4-6,10,18H,1,7-9,11H2,2-3H3,(H,16,19). The van der Waals surface area contributed by atoms with Crippen molar-refractivity contribution >= 4 is 11.6 Å². The number of carbonyl (C=O) groups excluding carboxylic acids is 1. The normalized spacial score (nSPS) is 10.5. The molecular formula is C15H22N2O2. The van der Waals surface area contributed by atoms with Gasteiger partial charge in [-0.1, -0.05) is 12.1 Å². The largest absolute Gasteiger partial charge is 0.395 e. The highest BCUT2D eigenvalue weighted by molar-refractivity contribution is 5.92.